The molecular formula is C20H38NO2. The zero-order valence-corrected chi connectivity index (χ0v) is 15.2. The van der Waals surface area contributed by atoms with Crippen molar-refractivity contribution in [1.29, 1.82) is 0 Å². The Bertz CT molecular complexity index is 277. The summed E-state index contributed by atoms with van der Waals surface area (Å²) in [7, 11) is 0. The first kappa shape index (κ1) is 22.2. The highest BCUT2D eigenvalue weighted by atomic mass is 16.3. The van der Waals surface area contributed by atoms with Gasteiger partial charge in [-0.05, 0) is 32.1 Å². The van der Waals surface area contributed by atoms with Gasteiger partial charge in [0.2, 0.25) is 5.91 Å². The van der Waals surface area contributed by atoms with Gasteiger partial charge in [-0.1, -0.05) is 70.4 Å². The molecule has 0 aliphatic heterocycles. The molecule has 0 aliphatic rings. The lowest BCUT2D eigenvalue weighted by Gasteiger charge is -2.02. The Morgan fingerprint density at radius 3 is 1.91 bits per heavy atom. The molecule has 0 atom stereocenters. The highest BCUT2D eigenvalue weighted by Crippen LogP contribution is 2.09. The van der Waals surface area contributed by atoms with Crippen molar-refractivity contribution in [1.82, 2.24) is 5.32 Å². The topological polar surface area (TPSA) is 49.3 Å². The molecule has 23 heavy (non-hydrogen) atoms. The van der Waals surface area contributed by atoms with Crippen molar-refractivity contribution in [2.75, 3.05) is 6.61 Å². The minimum absolute atomic E-state index is 0.0108. The monoisotopic (exact) mass is 324 g/mol. The molecule has 0 rings (SSSR count). The van der Waals surface area contributed by atoms with Gasteiger partial charge in [0.25, 0.3) is 0 Å². The molecule has 3 nitrogen and oxygen atoms in total. The summed E-state index contributed by atoms with van der Waals surface area (Å²) in [4.78, 5) is 11.3. The van der Waals surface area contributed by atoms with Crippen LogP contribution < -0.4 is 5.32 Å². The van der Waals surface area contributed by atoms with Crippen molar-refractivity contribution in [2.45, 2.75) is 96.8 Å². The molecule has 1 radical (unpaired) electrons. The number of carbonyl (C=O) groups excluding carboxylic acids is 1. The Labute approximate surface area is 143 Å². The zero-order chi connectivity index (χ0) is 17.0. The predicted octanol–water partition coefficient (Wildman–Crippen LogP) is 5.29. The summed E-state index contributed by atoms with van der Waals surface area (Å²) in [6, 6.07) is 0. The van der Waals surface area contributed by atoms with Crippen molar-refractivity contribution < 1.29 is 9.90 Å². The van der Waals surface area contributed by atoms with Crippen LogP contribution in [0.2, 0.25) is 0 Å². The first-order valence-electron chi connectivity index (χ1n) is 9.68. The summed E-state index contributed by atoms with van der Waals surface area (Å²) in [5, 5.41) is 11.1. The highest BCUT2D eigenvalue weighted by molar-refractivity contribution is 5.76. The van der Waals surface area contributed by atoms with Crippen molar-refractivity contribution >= 4 is 5.91 Å². The number of amides is 1. The molecule has 0 bridgehead atoms. The molecule has 0 spiro atoms. The SMILES string of the molecule is CCCCCCCC/C=C/CCCCCCCC(=O)N[CH]CO. The third-order valence-electron chi connectivity index (χ3n) is 4.02. The third-order valence-corrected chi connectivity index (χ3v) is 4.02. The molecule has 0 saturated heterocycles. The van der Waals surface area contributed by atoms with E-state index in [1.54, 1.807) is 0 Å². The fourth-order valence-corrected chi connectivity index (χ4v) is 2.59. The summed E-state index contributed by atoms with van der Waals surface area (Å²) in [5.74, 6) is 0.0108. The second-order valence-electron chi connectivity index (χ2n) is 6.29. The van der Waals surface area contributed by atoms with E-state index in [-0.39, 0.29) is 12.5 Å². The number of carbonyl (C=O) groups is 1. The van der Waals surface area contributed by atoms with Crippen LogP contribution in [0.4, 0.5) is 0 Å². The average Bonchev–Trinajstić information content (AvgIpc) is 2.56. The average molecular weight is 325 g/mol. The number of rotatable bonds is 17. The van der Waals surface area contributed by atoms with E-state index in [9.17, 15) is 4.79 Å². The summed E-state index contributed by atoms with van der Waals surface area (Å²) in [6.07, 6.45) is 21.7. The van der Waals surface area contributed by atoms with E-state index in [1.807, 2.05) is 0 Å². The Kier molecular flexibility index (Phi) is 18.5. The van der Waals surface area contributed by atoms with Gasteiger partial charge in [-0.3, -0.25) is 4.79 Å². The highest BCUT2D eigenvalue weighted by Gasteiger charge is 1.99. The molecule has 135 valence electrons. The van der Waals surface area contributed by atoms with E-state index in [0.717, 1.165) is 12.8 Å². The number of unbranched alkanes of at least 4 members (excludes halogenated alkanes) is 11. The lowest BCUT2D eigenvalue weighted by Crippen LogP contribution is -2.21. The fraction of sp³-hybridized carbons (Fsp3) is 0.800. The molecule has 0 aromatic rings. The largest absolute Gasteiger partial charge is 0.394 e. The van der Waals surface area contributed by atoms with Crippen LogP contribution in [0.25, 0.3) is 0 Å². The number of hydrogen-bond donors (Lipinski definition) is 2. The smallest absolute Gasteiger partial charge is 0.220 e. The first-order valence-corrected chi connectivity index (χ1v) is 9.68. The van der Waals surface area contributed by atoms with Crippen molar-refractivity contribution in [3.8, 4) is 0 Å². The summed E-state index contributed by atoms with van der Waals surface area (Å²) in [6.45, 7) is 3.55. The molecule has 2 N–H and O–H groups in total. The second kappa shape index (κ2) is 19.2. The van der Waals surface area contributed by atoms with Crippen LogP contribution in [0, 0.1) is 6.54 Å². The van der Waals surface area contributed by atoms with Crippen LogP contribution in [-0.4, -0.2) is 17.6 Å². The molecule has 0 heterocycles. The van der Waals surface area contributed by atoms with Crippen LogP contribution in [0.3, 0.4) is 0 Å². The standard InChI is InChI=1S/C20H38NO2/c1-2-3-4-5-6-7-8-9-10-11-12-13-14-15-16-17-20(23)21-18-19-22/h9-10,18,22H,2-8,11-17,19H2,1H3,(H,21,23)/b10-9+. The number of aliphatic hydroxyl groups is 1. The predicted molar refractivity (Wildman–Crippen MR) is 99.0 cm³/mol. The van der Waals surface area contributed by atoms with Gasteiger partial charge in [-0.15, -0.1) is 0 Å². The molecule has 0 fully saturated rings. The Balaban J connectivity index is 3.14. The van der Waals surface area contributed by atoms with Gasteiger partial charge in [0.1, 0.15) is 0 Å². The maximum absolute atomic E-state index is 11.3. The fourth-order valence-electron chi connectivity index (χ4n) is 2.59. The summed E-state index contributed by atoms with van der Waals surface area (Å²) >= 11 is 0. The first-order chi connectivity index (χ1) is 11.3. The molecule has 1 amide bonds. The molecule has 0 aliphatic carbocycles. The Morgan fingerprint density at radius 1 is 0.826 bits per heavy atom. The Hall–Kier alpha value is -0.830. The van der Waals surface area contributed by atoms with Crippen molar-refractivity contribution in [3.05, 3.63) is 18.7 Å². The minimum atomic E-state index is -0.0991. The maximum atomic E-state index is 11.3. The van der Waals surface area contributed by atoms with Gasteiger partial charge >= 0.3 is 0 Å². The van der Waals surface area contributed by atoms with E-state index in [2.05, 4.69) is 24.4 Å². The van der Waals surface area contributed by atoms with Gasteiger partial charge in [-0.25, -0.2) is 0 Å². The van der Waals surface area contributed by atoms with E-state index in [4.69, 9.17) is 5.11 Å². The van der Waals surface area contributed by atoms with Crippen molar-refractivity contribution in [2.24, 2.45) is 0 Å². The van der Waals surface area contributed by atoms with Gasteiger partial charge in [0, 0.05) is 6.42 Å². The molecule has 3 heteroatoms. The summed E-state index contributed by atoms with van der Waals surface area (Å²) < 4.78 is 0. The van der Waals surface area contributed by atoms with E-state index in [0.29, 0.717) is 6.42 Å². The van der Waals surface area contributed by atoms with Gasteiger partial charge in [0.15, 0.2) is 0 Å². The van der Waals surface area contributed by atoms with Gasteiger partial charge < -0.3 is 10.4 Å². The van der Waals surface area contributed by atoms with E-state index in [1.165, 1.54) is 77.2 Å². The number of nitrogens with one attached hydrogen (secondary N) is 1. The number of hydrogen-bond acceptors (Lipinski definition) is 2. The van der Waals surface area contributed by atoms with Crippen LogP contribution >= 0.6 is 0 Å². The lowest BCUT2D eigenvalue weighted by atomic mass is 10.1. The normalized spacial score (nSPS) is 11.2. The molecule has 0 saturated carbocycles. The summed E-state index contributed by atoms with van der Waals surface area (Å²) in [5.41, 5.74) is 0. The quantitative estimate of drug-likeness (QED) is 0.282. The van der Waals surface area contributed by atoms with Crippen LogP contribution in [0.15, 0.2) is 12.2 Å². The Morgan fingerprint density at radius 2 is 1.35 bits per heavy atom. The zero-order valence-electron chi connectivity index (χ0n) is 15.2. The molecule has 0 unspecified atom stereocenters. The van der Waals surface area contributed by atoms with Crippen LogP contribution in [-0.2, 0) is 4.79 Å². The van der Waals surface area contributed by atoms with Gasteiger partial charge in [-0.2, -0.15) is 0 Å². The van der Waals surface area contributed by atoms with E-state index < -0.39 is 0 Å². The van der Waals surface area contributed by atoms with E-state index >= 15 is 0 Å². The maximum Gasteiger partial charge on any atom is 0.220 e. The molecule has 0 aromatic heterocycles. The van der Waals surface area contributed by atoms with Gasteiger partial charge in [0.05, 0.1) is 13.2 Å². The van der Waals surface area contributed by atoms with Crippen LogP contribution in [0.1, 0.15) is 96.8 Å². The molecular weight excluding hydrogens is 286 g/mol. The minimum Gasteiger partial charge on any atom is -0.394 e. The number of aliphatic hydroxyl groups excluding tert-OH is 1. The second-order valence-corrected chi connectivity index (χ2v) is 6.29. The third kappa shape index (κ3) is 19.1. The van der Waals surface area contributed by atoms with Crippen molar-refractivity contribution in [3.63, 3.8) is 0 Å². The number of allylic oxidation sites excluding steroid dienone is 2. The lowest BCUT2D eigenvalue weighted by molar-refractivity contribution is -0.120. The van der Waals surface area contributed by atoms with Crippen LogP contribution in [0.5, 0.6) is 0 Å². The molecule has 0 aromatic carbocycles.